The Balaban J connectivity index is 3.54. The first-order chi connectivity index (χ1) is 4.22. The van der Waals surface area contributed by atoms with Gasteiger partial charge in [0, 0.05) is 6.54 Å². The second-order valence-corrected chi connectivity index (χ2v) is 1.69. The number of nitrogens with zero attached hydrogens (tertiary/aromatic N) is 1. The highest BCUT2D eigenvalue weighted by atomic mass is 16.4. The second kappa shape index (κ2) is 4.14. The van der Waals surface area contributed by atoms with Crippen molar-refractivity contribution in [2.45, 2.75) is 13.3 Å². The molecule has 0 aliphatic heterocycles. The predicted octanol–water partition coefficient (Wildman–Crippen LogP) is 0.326. The van der Waals surface area contributed by atoms with Gasteiger partial charge < -0.3 is 10.2 Å². The summed E-state index contributed by atoms with van der Waals surface area (Å²) in [4.78, 5) is 11.0. The summed E-state index contributed by atoms with van der Waals surface area (Å²) in [7, 11) is 0. The van der Waals surface area contributed by atoms with Crippen LogP contribution >= 0.6 is 0 Å². The fraction of sp³-hybridized carbons (Fsp3) is 0.800. The molecule has 0 aliphatic carbocycles. The predicted molar refractivity (Wildman–Crippen MR) is 32.1 cm³/mol. The van der Waals surface area contributed by atoms with Gasteiger partial charge in [-0.2, -0.15) is 0 Å². The highest BCUT2D eigenvalue weighted by Gasteiger charge is 2.06. The Kier molecular flexibility index (Phi) is 3.79. The van der Waals surface area contributed by atoms with E-state index in [1.807, 2.05) is 6.92 Å². The maximum atomic E-state index is 10.1. The fourth-order valence-electron chi connectivity index (χ4n) is 0.497. The van der Waals surface area contributed by atoms with Crippen molar-refractivity contribution in [3.05, 3.63) is 0 Å². The summed E-state index contributed by atoms with van der Waals surface area (Å²) in [6.07, 6.45) is -0.341. The monoisotopic (exact) mass is 133 g/mol. The van der Waals surface area contributed by atoms with Crippen LogP contribution in [0.2, 0.25) is 0 Å². The molecule has 0 spiro atoms. The van der Waals surface area contributed by atoms with Crippen molar-refractivity contribution in [2.75, 3.05) is 13.3 Å². The molecule has 0 unspecified atom stereocenters. The largest absolute Gasteiger partial charge is 0.465 e. The van der Waals surface area contributed by atoms with Crippen LogP contribution in [0.25, 0.3) is 0 Å². The number of hydrogen-bond acceptors (Lipinski definition) is 2. The number of hydrogen-bond donors (Lipinski definition) is 2. The average Bonchev–Trinajstić information content (AvgIpc) is 1.82. The summed E-state index contributed by atoms with van der Waals surface area (Å²) < 4.78 is 0. The Morgan fingerprint density at radius 3 is 2.33 bits per heavy atom. The molecule has 4 nitrogen and oxygen atoms in total. The van der Waals surface area contributed by atoms with Crippen molar-refractivity contribution < 1.29 is 15.0 Å². The van der Waals surface area contributed by atoms with Crippen molar-refractivity contribution in [1.82, 2.24) is 4.90 Å². The summed E-state index contributed by atoms with van der Waals surface area (Å²) in [5.74, 6) is 0. The number of rotatable bonds is 3. The molecule has 0 aromatic carbocycles. The van der Waals surface area contributed by atoms with Crippen molar-refractivity contribution in [3.8, 4) is 0 Å². The smallest absolute Gasteiger partial charge is 0.409 e. The topological polar surface area (TPSA) is 60.8 Å². The van der Waals surface area contributed by atoms with Gasteiger partial charge >= 0.3 is 6.09 Å². The van der Waals surface area contributed by atoms with E-state index in [1.165, 1.54) is 0 Å². The number of carbonyl (C=O) groups is 1. The number of amides is 1. The van der Waals surface area contributed by atoms with Crippen LogP contribution in [0, 0.1) is 0 Å². The zero-order chi connectivity index (χ0) is 7.28. The van der Waals surface area contributed by atoms with Gasteiger partial charge in [-0.1, -0.05) is 6.92 Å². The van der Waals surface area contributed by atoms with E-state index in [0.717, 1.165) is 11.3 Å². The summed E-state index contributed by atoms with van der Waals surface area (Å²) in [5.41, 5.74) is 0. The normalized spacial score (nSPS) is 9.11. The van der Waals surface area contributed by atoms with Gasteiger partial charge in [-0.15, -0.1) is 0 Å². The molecule has 54 valence electrons. The second-order valence-electron chi connectivity index (χ2n) is 1.69. The third-order valence-corrected chi connectivity index (χ3v) is 0.935. The molecule has 0 saturated carbocycles. The molecule has 1 amide bonds. The highest BCUT2D eigenvalue weighted by Crippen LogP contribution is 1.88. The Bertz CT molecular complexity index is 94.2. The third-order valence-electron chi connectivity index (χ3n) is 0.935. The Hall–Kier alpha value is -0.770. The van der Waals surface area contributed by atoms with Gasteiger partial charge in [0.2, 0.25) is 0 Å². The first-order valence-corrected chi connectivity index (χ1v) is 2.81. The first kappa shape index (κ1) is 8.23. The van der Waals surface area contributed by atoms with Crippen molar-refractivity contribution in [3.63, 3.8) is 0 Å². The summed E-state index contributed by atoms with van der Waals surface area (Å²) >= 11 is 0. The standard InChI is InChI=1S/C5H11NO3/c1-2-3-6(4-7)5(8)9/h7H,2-4H2,1H3,(H,8,9). The van der Waals surface area contributed by atoms with Gasteiger partial charge in [-0.25, -0.2) is 4.79 Å². The molecule has 4 heteroatoms. The van der Waals surface area contributed by atoms with E-state index in [2.05, 4.69) is 0 Å². The van der Waals surface area contributed by atoms with E-state index in [-0.39, 0.29) is 0 Å². The molecule has 0 saturated heterocycles. The van der Waals surface area contributed by atoms with Crippen molar-refractivity contribution in [2.24, 2.45) is 0 Å². The van der Waals surface area contributed by atoms with Gasteiger partial charge in [0.25, 0.3) is 0 Å². The maximum Gasteiger partial charge on any atom is 0.409 e. The van der Waals surface area contributed by atoms with Crippen LogP contribution in [-0.2, 0) is 0 Å². The molecule has 0 heterocycles. The Labute approximate surface area is 53.7 Å². The van der Waals surface area contributed by atoms with Crippen LogP contribution in [-0.4, -0.2) is 34.5 Å². The van der Waals surface area contributed by atoms with Gasteiger partial charge in [-0.3, -0.25) is 4.90 Å². The molecule has 0 fully saturated rings. The number of aliphatic hydroxyl groups is 1. The summed E-state index contributed by atoms with van der Waals surface area (Å²) in [5, 5.41) is 16.6. The van der Waals surface area contributed by atoms with Gasteiger partial charge in [-0.05, 0) is 6.42 Å². The molecular formula is C5H11NO3. The molecule has 0 aromatic heterocycles. The van der Waals surface area contributed by atoms with E-state index >= 15 is 0 Å². The zero-order valence-electron chi connectivity index (χ0n) is 5.37. The molecule has 0 bridgehead atoms. The average molecular weight is 133 g/mol. The minimum absolute atomic E-state index is 0.395. The molecule has 2 N–H and O–H groups in total. The van der Waals surface area contributed by atoms with E-state index in [9.17, 15) is 4.79 Å². The van der Waals surface area contributed by atoms with E-state index in [1.54, 1.807) is 0 Å². The summed E-state index contributed by atoms with van der Waals surface area (Å²) in [6, 6.07) is 0. The first-order valence-electron chi connectivity index (χ1n) is 2.81. The van der Waals surface area contributed by atoms with E-state index in [0.29, 0.717) is 6.54 Å². The van der Waals surface area contributed by atoms with E-state index < -0.39 is 12.8 Å². The lowest BCUT2D eigenvalue weighted by Crippen LogP contribution is -2.30. The van der Waals surface area contributed by atoms with Gasteiger partial charge in [0.05, 0.1) is 0 Å². The van der Waals surface area contributed by atoms with Gasteiger partial charge in [0.1, 0.15) is 6.73 Å². The molecule has 9 heavy (non-hydrogen) atoms. The lowest BCUT2D eigenvalue weighted by atomic mass is 10.4. The van der Waals surface area contributed by atoms with E-state index in [4.69, 9.17) is 10.2 Å². The lowest BCUT2D eigenvalue weighted by Gasteiger charge is -2.13. The quantitative estimate of drug-likeness (QED) is 0.545. The van der Waals surface area contributed by atoms with Crippen LogP contribution in [0.3, 0.4) is 0 Å². The number of aliphatic hydroxyl groups excluding tert-OH is 1. The molecule has 0 aromatic rings. The van der Waals surface area contributed by atoms with Crippen LogP contribution in [0.1, 0.15) is 13.3 Å². The van der Waals surface area contributed by atoms with Crippen LogP contribution in [0.4, 0.5) is 4.79 Å². The third kappa shape index (κ3) is 2.92. The minimum atomic E-state index is -1.07. The highest BCUT2D eigenvalue weighted by molar-refractivity contribution is 5.64. The summed E-state index contributed by atoms with van der Waals surface area (Å²) in [6.45, 7) is 1.83. The van der Waals surface area contributed by atoms with Crippen molar-refractivity contribution in [1.29, 1.82) is 0 Å². The zero-order valence-corrected chi connectivity index (χ0v) is 5.37. The molecule has 0 atom stereocenters. The Morgan fingerprint density at radius 2 is 2.22 bits per heavy atom. The Morgan fingerprint density at radius 1 is 1.67 bits per heavy atom. The molecule has 0 rings (SSSR count). The van der Waals surface area contributed by atoms with Crippen LogP contribution in [0.5, 0.6) is 0 Å². The van der Waals surface area contributed by atoms with Gasteiger partial charge in [0.15, 0.2) is 0 Å². The molecule has 0 aliphatic rings. The SMILES string of the molecule is CCCN(CO)C(=O)O. The maximum absolute atomic E-state index is 10.1. The molecule has 0 radical (unpaired) electrons. The lowest BCUT2D eigenvalue weighted by molar-refractivity contribution is 0.0889. The molecular weight excluding hydrogens is 122 g/mol. The van der Waals surface area contributed by atoms with Crippen LogP contribution < -0.4 is 0 Å². The minimum Gasteiger partial charge on any atom is -0.465 e. The number of carboxylic acid groups (broad SMARTS) is 1. The fourth-order valence-corrected chi connectivity index (χ4v) is 0.497. The van der Waals surface area contributed by atoms with Crippen LogP contribution in [0.15, 0.2) is 0 Å². The van der Waals surface area contributed by atoms with Crippen molar-refractivity contribution >= 4 is 6.09 Å².